The second-order valence-electron chi connectivity index (χ2n) is 6.29. The lowest BCUT2D eigenvalue weighted by atomic mass is 10.1. The summed E-state index contributed by atoms with van der Waals surface area (Å²) in [6.07, 6.45) is 3.97. The maximum atomic E-state index is 13.3. The van der Waals surface area contributed by atoms with Gasteiger partial charge in [-0.1, -0.05) is 24.3 Å². The summed E-state index contributed by atoms with van der Waals surface area (Å²) in [5.74, 6) is -0.221. The van der Waals surface area contributed by atoms with Crippen LogP contribution < -0.4 is 10.6 Å². The fourth-order valence-electron chi connectivity index (χ4n) is 3.00. The van der Waals surface area contributed by atoms with Crippen molar-refractivity contribution < 1.29 is 9.18 Å². The molecule has 0 atom stereocenters. The zero-order valence-electron chi connectivity index (χ0n) is 14.9. The Balaban J connectivity index is 1.38. The van der Waals surface area contributed by atoms with Crippen molar-refractivity contribution in [1.29, 1.82) is 0 Å². The molecule has 0 unspecified atom stereocenters. The number of nitrogens with zero attached hydrogens (tertiary/aromatic N) is 2. The molecule has 1 amide bonds. The molecule has 3 N–H and O–H groups in total. The van der Waals surface area contributed by atoms with Gasteiger partial charge < -0.3 is 15.6 Å². The molecule has 0 bridgehead atoms. The number of carbonyl (C=O) groups is 1. The first kappa shape index (κ1) is 17.7. The molecule has 0 spiro atoms. The number of rotatable bonds is 6. The molecule has 0 radical (unpaired) electrons. The number of hydrogen-bond acceptors (Lipinski definition) is 4. The maximum Gasteiger partial charge on any atom is 0.270 e. The lowest BCUT2D eigenvalue weighted by molar-refractivity contribution is 0.0949. The van der Waals surface area contributed by atoms with E-state index >= 15 is 0 Å². The highest BCUT2D eigenvalue weighted by Crippen LogP contribution is 2.18. The Hall–Kier alpha value is -3.74. The van der Waals surface area contributed by atoms with Crippen LogP contribution in [0.2, 0.25) is 0 Å². The second kappa shape index (κ2) is 7.87. The van der Waals surface area contributed by atoms with Crippen LogP contribution in [0.1, 0.15) is 16.1 Å². The van der Waals surface area contributed by atoms with Crippen molar-refractivity contribution in [1.82, 2.24) is 20.3 Å². The van der Waals surface area contributed by atoms with Crippen LogP contribution in [-0.4, -0.2) is 27.4 Å². The van der Waals surface area contributed by atoms with E-state index in [1.807, 2.05) is 24.4 Å². The number of aromatic amines is 1. The van der Waals surface area contributed by atoms with E-state index in [4.69, 9.17) is 0 Å². The molecule has 2 aromatic carbocycles. The Bertz CT molecular complexity index is 1120. The molecule has 0 aliphatic carbocycles. The molecular formula is C21H18FN5O. The monoisotopic (exact) mass is 375 g/mol. The van der Waals surface area contributed by atoms with Gasteiger partial charge in [-0.05, 0) is 36.2 Å². The quantitative estimate of drug-likeness (QED) is 0.479. The largest absolute Gasteiger partial charge is 0.361 e. The molecule has 0 saturated carbocycles. The smallest absolute Gasteiger partial charge is 0.270 e. The number of amides is 1. The van der Waals surface area contributed by atoms with Gasteiger partial charge in [0.05, 0.1) is 0 Å². The number of fused-ring (bicyclic) bond motifs is 1. The third kappa shape index (κ3) is 3.98. The minimum absolute atomic E-state index is 0.243. The summed E-state index contributed by atoms with van der Waals surface area (Å²) in [5.41, 5.74) is 3.01. The molecule has 0 aliphatic rings. The van der Waals surface area contributed by atoms with Crippen molar-refractivity contribution in [2.24, 2.45) is 0 Å². The number of H-pyrrole nitrogens is 1. The predicted octanol–water partition coefficient (Wildman–Crippen LogP) is 3.81. The van der Waals surface area contributed by atoms with Crippen LogP contribution in [0.25, 0.3) is 10.9 Å². The van der Waals surface area contributed by atoms with Gasteiger partial charge in [0.25, 0.3) is 5.91 Å². The summed E-state index contributed by atoms with van der Waals surface area (Å²) in [6, 6.07) is 15.6. The number of nitrogens with one attached hydrogen (secondary N) is 3. The summed E-state index contributed by atoms with van der Waals surface area (Å²) >= 11 is 0. The highest BCUT2D eigenvalue weighted by atomic mass is 19.1. The third-order valence-corrected chi connectivity index (χ3v) is 4.35. The van der Waals surface area contributed by atoms with E-state index in [9.17, 15) is 9.18 Å². The highest BCUT2D eigenvalue weighted by molar-refractivity contribution is 5.93. The predicted molar refractivity (Wildman–Crippen MR) is 106 cm³/mol. The first-order valence-corrected chi connectivity index (χ1v) is 8.87. The fraction of sp³-hybridized carbons (Fsp3) is 0.0952. The van der Waals surface area contributed by atoms with Gasteiger partial charge in [-0.3, -0.25) is 4.79 Å². The second-order valence-corrected chi connectivity index (χ2v) is 6.29. The molecular weight excluding hydrogens is 357 g/mol. The molecule has 2 aromatic heterocycles. The number of para-hydroxylation sites is 1. The zero-order chi connectivity index (χ0) is 19.3. The number of halogens is 1. The average molecular weight is 375 g/mol. The minimum Gasteiger partial charge on any atom is -0.361 e. The van der Waals surface area contributed by atoms with Gasteiger partial charge in [0.1, 0.15) is 23.7 Å². The summed E-state index contributed by atoms with van der Waals surface area (Å²) in [5, 5.41) is 6.99. The van der Waals surface area contributed by atoms with Crippen LogP contribution >= 0.6 is 0 Å². The van der Waals surface area contributed by atoms with Gasteiger partial charge in [0.2, 0.25) is 0 Å². The Labute approximate surface area is 160 Å². The van der Waals surface area contributed by atoms with Crippen molar-refractivity contribution in [3.8, 4) is 0 Å². The third-order valence-electron chi connectivity index (χ3n) is 4.35. The standard InChI is InChI=1S/C21H18FN5O/c22-15-4-3-5-16(10-15)27-20-11-19(25-13-26-20)21(28)23-9-8-14-12-24-18-7-2-1-6-17(14)18/h1-7,10-13,24H,8-9H2,(H,23,28)(H,25,26,27). The van der Waals surface area contributed by atoms with E-state index in [-0.39, 0.29) is 17.4 Å². The molecule has 140 valence electrons. The number of benzene rings is 2. The number of anilines is 2. The molecule has 4 aromatic rings. The lowest BCUT2D eigenvalue weighted by Crippen LogP contribution is -2.26. The average Bonchev–Trinajstić information content (AvgIpc) is 3.11. The molecule has 4 rings (SSSR count). The summed E-state index contributed by atoms with van der Waals surface area (Å²) in [7, 11) is 0. The van der Waals surface area contributed by atoms with Gasteiger partial charge in [-0.25, -0.2) is 14.4 Å². The van der Waals surface area contributed by atoms with Crippen LogP contribution in [0.4, 0.5) is 15.9 Å². The van der Waals surface area contributed by atoms with Crippen molar-refractivity contribution in [3.05, 3.63) is 84.2 Å². The topological polar surface area (TPSA) is 82.7 Å². The van der Waals surface area contributed by atoms with Gasteiger partial charge in [-0.2, -0.15) is 0 Å². The van der Waals surface area contributed by atoms with Gasteiger partial charge in [0.15, 0.2) is 0 Å². The SMILES string of the molecule is O=C(NCCc1c[nH]c2ccccc12)c1cc(Nc2cccc(F)c2)ncn1. The van der Waals surface area contributed by atoms with Crippen LogP contribution in [0, 0.1) is 5.82 Å². The van der Waals surface area contributed by atoms with Crippen LogP contribution in [0.15, 0.2) is 67.1 Å². The van der Waals surface area contributed by atoms with E-state index in [0.29, 0.717) is 24.5 Å². The minimum atomic E-state index is -0.352. The van der Waals surface area contributed by atoms with Crippen molar-refractivity contribution in [3.63, 3.8) is 0 Å². The number of aromatic nitrogens is 3. The summed E-state index contributed by atoms with van der Waals surface area (Å²) in [6.45, 7) is 0.483. The zero-order valence-corrected chi connectivity index (χ0v) is 14.9. The van der Waals surface area contributed by atoms with Gasteiger partial charge in [0, 0.05) is 35.4 Å². The van der Waals surface area contributed by atoms with E-state index in [2.05, 4.69) is 31.7 Å². The molecule has 0 saturated heterocycles. The van der Waals surface area contributed by atoms with E-state index in [1.54, 1.807) is 12.1 Å². The van der Waals surface area contributed by atoms with Crippen molar-refractivity contribution in [2.75, 3.05) is 11.9 Å². The molecule has 2 heterocycles. The molecule has 7 heteroatoms. The summed E-state index contributed by atoms with van der Waals surface area (Å²) in [4.78, 5) is 23.7. The Kier molecular flexibility index (Phi) is 4.97. The number of hydrogen-bond donors (Lipinski definition) is 3. The van der Waals surface area contributed by atoms with Crippen LogP contribution in [0.5, 0.6) is 0 Å². The Morgan fingerprint density at radius 3 is 2.86 bits per heavy atom. The summed E-state index contributed by atoms with van der Waals surface area (Å²) < 4.78 is 13.3. The highest BCUT2D eigenvalue weighted by Gasteiger charge is 2.10. The lowest BCUT2D eigenvalue weighted by Gasteiger charge is -2.08. The Morgan fingerprint density at radius 1 is 1.07 bits per heavy atom. The Morgan fingerprint density at radius 2 is 1.96 bits per heavy atom. The fourth-order valence-corrected chi connectivity index (χ4v) is 3.00. The molecule has 0 fully saturated rings. The van der Waals surface area contributed by atoms with Crippen molar-refractivity contribution >= 4 is 28.3 Å². The van der Waals surface area contributed by atoms with Gasteiger partial charge >= 0.3 is 0 Å². The van der Waals surface area contributed by atoms with E-state index < -0.39 is 0 Å². The van der Waals surface area contributed by atoms with E-state index in [0.717, 1.165) is 16.5 Å². The normalized spacial score (nSPS) is 10.8. The molecule has 28 heavy (non-hydrogen) atoms. The first-order chi connectivity index (χ1) is 13.7. The molecule has 0 aliphatic heterocycles. The molecule has 6 nitrogen and oxygen atoms in total. The van der Waals surface area contributed by atoms with Crippen LogP contribution in [0.3, 0.4) is 0 Å². The van der Waals surface area contributed by atoms with Crippen LogP contribution in [-0.2, 0) is 6.42 Å². The van der Waals surface area contributed by atoms with Gasteiger partial charge in [-0.15, -0.1) is 0 Å². The first-order valence-electron chi connectivity index (χ1n) is 8.87. The van der Waals surface area contributed by atoms with E-state index in [1.165, 1.54) is 24.5 Å². The van der Waals surface area contributed by atoms with Crippen molar-refractivity contribution in [2.45, 2.75) is 6.42 Å². The maximum absolute atomic E-state index is 13.3. The number of carbonyl (C=O) groups excluding carboxylic acids is 1.